The van der Waals surface area contributed by atoms with Gasteiger partial charge < -0.3 is 9.84 Å². The lowest BCUT2D eigenvalue weighted by atomic mass is 10.2. The number of amides is 1. The second-order valence-electron chi connectivity index (χ2n) is 3.81. The average molecular weight is 207 g/mol. The Kier molecular flexibility index (Phi) is 3.85. The molecule has 0 bridgehead atoms. The lowest BCUT2D eigenvalue weighted by Gasteiger charge is -2.23. The number of aliphatic carboxylic acids is 1. The molecule has 1 amide bonds. The number of carbonyl (C=O) groups is 2. The molecule has 0 aliphatic carbocycles. The molecule has 0 aromatic carbocycles. The monoisotopic (exact) mass is 207 g/mol. The topological polar surface area (TPSA) is 66.8 Å². The van der Waals surface area contributed by atoms with Crippen molar-refractivity contribution in [3.8, 4) is 0 Å². The fourth-order valence-electron chi connectivity index (χ4n) is 0.561. The summed E-state index contributed by atoms with van der Waals surface area (Å²) in [5.41, 5.74) is -0.848. The molecule has 0 aliphatic heterocycles. The molecule has 82 valence electrons. The molecule has 6 heteroatoms. The number of carboxylic acids is 1. The molecule has 0 aromatic rings. The van der Waals surface area contributed by atoms with Crippen LogP contribution in [0.3, 0.4) is 0 Å². The van der Waals surface area contributed by atoms with E-state index in [0.29, 0.717) is 0 Å². The van der Waals surface area contributed by atoms with E-state index in [1.54, 1.807) is 20.8 Å². The molecule has 0 radical (unpaired) electrons. The standard InChI is InChI=1S/C8H14FNO4/c1-5(6(11)12)10(9)7(13)14-8(2,3)4/h5H,1-4H3,(H,11,12). The fourth-order valence-corrected chi connectivity index (χ4v) is 0.561. The lowest BCUT2D eigenvalue weighted by Crippen LogP contribution is -2.40. The molecule has 1 atom stereocenters. The Morgan fingerprint density at radius 2 is 1.86 bits per heavy atom. The summed E-state index contributed by atoms with van der Waals surface area (Å²) in [5, 5.41) is 7.96. The average Bonchev–Trinajstić information content (AvgIpc) is 1.98. The van der Waals surface area contributed by atoms with Crippen LogP contribution < -0.4 is 0 Å². The van der Waals surface area contributed by atoms with Gasteiger partial charge >= 0.3 is 12.1 Å². The highest BCUT2D eigenvalue weighted by molar-refractivity contribution is 5.78. The molecule has 0 heterocycles. The zero-order chi connectivity index (χ0) is 11.5. The maximum atomic E-state index is 12.9. The molecule has 1 unspecified atom stereocenters. The molecule has 14 heavy (non-hydrogen) atoms. The van der Waals surface area contributed by atoms with E-state index in [2.05, 4.69) is 4.74 Å². The van der Waals surface area contributed by atoms with Crippen LogP contribution in [0.1, 0.15) is 27.7 Å². The maximum Gasteiger partial charge on any atom is 0.439 e. The van der Waals surface area contributed by atoms with Gasteiger partial charge in [0.1, 0.15) is 5.60 Å². The maximum absolute atomic E-state index is 12.9. The number of rotatable bonds is 2. The minimum atomic E-state index is -1.55. The van der Waals surface area contributed by atoms with Crippen LogP contribution in [0.5, 0.6) is 0 Å². The van der Waals surface area contributed by atoms with Gasteiger partial charge in [-0.05, 0) is 27.7 Å². The summed E-state index contributed by atoms with van der Waals surface area (Å²) in [7, 11) is 0. The van der Waals surface area contributed by atoms with E-state index >= 15 is 0 Å². The predicted molar refractivity (Wildman–Crippen MR) is 46.3 cm³/mol. The Hall–Kier alpha value is -1.33. The zero-order valence-electron chi connectivity index (χ0n) is 8.57. The number of halogens is 1. The largest absolute Gasteiger partial charge is 0.480 e. The number of carboxylic acid groups (broad SMARTS) is 1. The van der Waals surface area contributed by atoms with Crippen molar-refractivity contribution < 1.29 is 23.9 Å². The van der Waals surface area contributed by atoms with Crippen LogP contribution in [-0.2, 0) is 9.53 Å². The molecule has 0 saturated heterocycles. The van der Waals surface area contributed by atoms with Crippen LogP contribution >= 0.6 is 0 Å². The number of ether oxygens (including phenoxy) is 1. The van der Waals surface area contributed by atoms with Crippen molar-refractivity contribution in [3.05, 3.63) is 0 Å². The van der Waals surface area contributed by atoms with Crippen LogP contribution in [0.2, 0.25) is 0 Å². The van der Waals surface area contributed by atoms with Gasteiger partial charge in [0.2, 0.25) is 0 Å². The number of hydrogen-bond donors (Lipinski definition) is 1. The normalized spacial score (nSPS) is 13.2. The summed E-state index contributed by atoms with van der Waals surface area (Å²) >= 11 is 0. The Morgan fingerprint density at radius 1 is 1.43 bits per heavy atom. The van der Waals surface area contributed by atoms with Gasteiger partial charge in [-0.2, -0.15) is 0 Å². The van der Waals surface area contributed by atoms with Crippen molar-refractivity contribution in [3.63, 3.8) is 0 Å². The quantitative estimate of drug-likeness (QED) is 0.698. The van der Waals surface area contributed by atoms with Gasteiger partial charge in [0.05, 0.1) is 0 Å². The predicted octanol–water partition coefficient (Wildman–Crippen LogP) is 1.58. The molecule has 0 fully saturated rings. The third-order valence-electron chi connectivity index (χ3n) is 1.27. The summed E-state index contributed by atoms with van der Waals surface area (Å²) in [6.07, 6.45) is -1.30. The first kappa shape index (κ1) is 12.7. The van der Waals surface area contributed by atoms with Crippen molar-refractivity contribution in [2.24, 2.45) is 0 Å². The summed E-state index contributed by atoms with van der Waals surface area (Å²) in [6.45, 7) is 5.73. The molecular weight excluding hydrogens is 193 g/mol. The second-order valence-corrected chi connectivity index (χ2v) is 3.81. The van der Waals surface area contributed by atoms with Crippen molar-refractivity contribution in [1.29, 1.82) is 0 Å². The van der Waals surface area contributed by atoms with E-state index in [0.717, 1.165) is 6.92 Å². The molecular formula is C8H14FNO4. The fraction of sp³-hybridized carbons (Fsp3) is 0.750. The Bertz CT molecular complexity index is 236. The van der Waals surface area contributed by atoms with Crippen LogP contribution in [0.4, 0.5) is 9.28 Å². The van der Waals surface area contributed by atoms with Gasteiger partial charge in [-0.25, -0.2) is 9.59 Å². The van der Waals surface area contributed by atoms with Gasteiger partial charge in [-0.15, -0.1) is 5.12 Å². The SMILES string of the molecule is CC(C(=O)O)N(F)C(=O)OC(C)(C)C. The molecule has 1 N–H and O–H groups in total. The number of carbonyl (C=O) groups excluding carboxylic acids is 1. The molecule has 5 nitrogen and oxygen atoms in total. The summed E-state index contributed by atoms with van der Waals surface area (Å²) in [6, 6.07) is -1.55. The van der Waals surface area contributed by atoms with E-state index in [1.807, 2.05) is 0 Å². The van der Waals surface area contributed by atoms with Crippen molar-refractivity contribution in [1.82, 2.24) is 5.12 Å². The second kappa shape index (κ2) is 4.26. The highest BCUT2D eigenvalue weighted by atomic mass is 19.2. The van der Waals surface area contributed by atoms with E-state index in [-0.39, 0.29) is 0 Å². The molecule has 0 aromatic heterocycles. The number of nitrogens with zero attached hydrogens (tertiary/aromatic N) is 1. The third-order valence-corrected chi connectivity index (χ3v) is 1.27. The first-order valence-electron chi connectivity index (χ1n) is 4.06. The van der Waals surface area contributed by atoms with Crippen molar-refractivity contribution in [2.45, 2.75) is 39.3 Å². The summed E-state index contributed by atoms with van der Waals surface area (Å²) < 4.78 is 17.6. The van der Waals surface area contributed by atoms with Gasteiger partial charge in [-0.3, -0.25) is 0 Å². The van der Waals surface area contributed by atoms with Crippen LogP contribution in [-0.4, -0.2) is 33.9 Å². The molecule has 0 aliphatic rings. The van der Waals surface area contributed by atoms with E-state index in [4.69, 9.17) is 5.11 Å². The van der Waals surface area contributed by atoms with Crippen LogP contribution in [0, 0.1) is 0 Å². The minimum absolute atomic E-state index is 0.451. The smallest absolute Gasteiger partial charge is 0.439 e. The van der Waals surface area contributed by atoms with Crippen LogP contribution in [0.15, 0.2) is 0 Å². The Balaban J connectivity index is 4.33. The minimum Gasteiger partial charge on any atom is -0.480 e. The first-order chi connectivity index (χ1) is 6.15. The van der Waals surface area contributed by atoms with Crippen molar-refractivity contribution >= 4 is 12.1 Å². The highest BCUT2D eigenvalue weighted by Crippen LogP contribution is 2.12. The molecule has 0 spiro atoms. The third kappa shape index (κ3) is 4.06. The lowest BCUT2D eigenvalue weighted by molar-refractivity contribution is -0.149. The van der Waals surface area contributed by atoms with Crippen LogP contribution in [0.25, 0.3) is 0 Å². The van der Waals surface area contributed by atoms with Crippen molar-refractivity contribution in [2.75, 3.05) is 0 Å². The number of hydrogen-bond acceptors (Lipinski definition) is 3. The summed E-state index contributed by atoms with van der Waals surface area (Å²) in [5.74, 6) is -1.43. The van der Waals surface area contributed by atoms with E-state index < -0.39 is 28.8 Å². The molecule has 0 saturated carbocycles. The van der Waals surface area contributed by atoms with Gasteiger partial charge in [0.25, 0.3) is 0 Å². The van der Waals surface area contributed by atoms with E-state index in [1.165, 1.54) is 0 Å². The van der Waals surface area contributed by atoms with Gasteiger partial charge in [0, 0.05) is 0 Å². The van der Waals surface area contributed by atoms with E-state index in [9.17, 15) is 14.1 Å². The van der Waals surface area contributed by atoms with Gasteiger partial charge in [-0.1, -0.05) is 4.48 Å². The highest BCUT2D eigenvalue weighted by Gasteiger charge is 2.30. The zero-order valence-corrected chi connectivity index (χ0v) is 8.57. The molecule has 0 rings (SSSR count). The summed E-state index contributed by atoms with van der Waals surface area (Å²) in [4.78, 5) is 21.3. The first-order valence-corrected chi connectivity index (χ1v) is 4.06. The van der Waals surface area contributed by atoms with Gasteiger partial charge in [0.15, 0.2) is 6.04 Å². The Morgan fingerprint density at radius 3 is 2.14 bits per heavy atom. The Labute approximate surface area is 81.4 Å².